The predicted octanol–water partition coefficient (Wildman–Crippen LogP) is 0.966. The lowest BCUT2D eigenvalue weighted by Crippen LogP contribution is -2.07. The molecule has 1 aromatic carbocycles. The van der Waals surface area contributed by atoms with E-state index in [1.165, 1.54) is 11.1 Å². The summed E-state index contributed by atoms with van der Waals surface area (Å²) in [5.41, 5.74) is 2.41. The first-order valence-corrected chi connectivity index (χ1v) is 5.67. The molecule has 0 amide bonds. The Labute approximate surface area is 104 Å². The van der Waals surface area contributed by atoms with Gasteiger partial charge >= 0.3 is 0 Å². The van der Waals surface area contributed by atoms with Crippen LogP contribution in [0.5, 0.6) is 0 Å². The van der Waals surface area contributed by atoms with Crippen molar-refractivity contribution in [2.75, 3.05) is 0 Å². The molecule has 0 unspecified atom stereocenters. The highest BCUT2D eigenvalue weighted by atomic mass is 15.4. The van der Waals surface area contributed by atoms with Gasteiger partial charge in [-0.2, -0.15) is 0 Å². The summed E-state index contributed by atoms with van der Waals surface area (Å²) >= 11 is 0. The molecule has 0 fully saturated rings. The summed E-state index contributed by atoms with van der Waals surface area (Å²) in [6.07, 6.45) is 7.07. The van der Waals surface area contributed by atoms with E-state index in [0.717, 1.165) is 0 Å². The zero-order valence-electron chi connectivity index (χ0n) is 9.72. The minimum absolute atomic E-state index is 0.713. The standard InChI is InChI=1S/C12H12N6/c1-2-4-12(10-18-8-6-14-16-18)11(3-1)9-17-7-5-13-15-17/h1-8H,9-10H2. The Kier molecular flexibility index (Phi) is 2.83. The van der Waals surface area contributed by atoms with Gasteiger partial charge in [-0.3, -0.25) is 0 Å². The highest BCUT2D eigenvalue weighted by molar-refractivity contribution is 5.27. The second-order valence-electron chi connectivity index (χ2n) is 3.97. The first-order valence-electron chi connectivity index (χ1n) is 5.67. The van der Waals surface area contributed by atoms with E-state index in [-0.39, 0.29) is 0 Å². The van der Waals surface area contributed by atoms with Gasteiger partial charge in [-0.1, -0.05) is 34.7 Å². The lowest BCUT2D eigenvalue weighted by molar-refractivity contribution is 0.620. The first kappa shape index (κ1) is 10.6. The van der Waals surface area contributed by atoms with Crippen molar-refractivity contribution in [3.63, 3.8) is 0 Å². The molecule has 0 radical (unpaired) electrons. The molecular weight excluding hydrogens is 228 g/mol. The van der Waals surface area contributed by atoms with Crippen molar-refractivity contribution in [3.05, 3.63) is 60.2 Å². The summed E-state index contributed by atoms with van der Waals surface area (Å²) in [6.45, 7) is 1.43. The molecule has 0 spiro atoms. The second-order valence-corrected chi connectivity index (χ2v) is 3.97. The molecule has 2 aromatic heterocycles. The van der Waals surface area contributed by atoms with Crippen molar-refractivity contribution in [3.8, 4) is 0 Å². The average molecular weight is 240 g/mol. The van der Waals surface area contributed by atoms with Gasteiger partial charge in [0.05, 0.1) is 25.5 Å². The van der Waals surface area contributed by atoms with Gasteiger partial charge in [0.25, 0.3) is 0 Å². The molecule has 3 aromatic rings. The largest absolute Gasteiger partial charge is 0.248 e. The van der Waals surface area contributed by atoms with Crippen LogP contribution in [0.1, 0.15) is 11.1 Å². The van der Waals surface area contributed by atoms with E-state index in [0.29, 0.717) is 13.1 Å². The fourth-order valence-corrected chi connectivity index (χ4v) is 1.85. The number of benzene rings is 1. The zero-order chi connectivity index (χ0) is 12.2. The van der Waals surface area contributed by atoms with E-state index in [2.05, 4.69) is 32.8 Å². The van der Waals surface area contributed by atoms with Gasteiger partial charge in [0.2, 0.25) is 0 Å². The summed E-state index contributed by atoms with van der Waals surface area (Å²) in [4.78, 5) is 0. The Morgan fingerprint density at radius 3 is 1.67 bits per heavy atom. The lowest BCUT2D eigenvalue weighted by atomic mass is 10.1. The number of aromatic nitrogens is 6. The Bertz CT molecular complexity index is 544. The number of rotatable bonds is 4. The molecule has 0 aliphatic heterocycles. The van der Waals surface area contributed by atoms with Crippen molar-refractivity contribution >= 4 is 0 Å². The van der Waals surface area contributed by atoms with Gasteiger partial charge in [0, 0.05) is 12.4 Å². The molecule has 0 aliphatic carbocycles. The summed E-state index contributed by atoms with van der Waals surface area (Å²) in [5, 5.41) is 15.6. The smallest absolute Gasteiger partial charge is 0.0693 e. The van der Waals surface area contributed by atoms with Gasteiger partial charge in [0.15, 0.2) is 0 Å². The van der Waals surface area contributed by atoms with Gasteiger partial charge < -0.3 is 0 Å². The van der Waals surface area contributed by atoms with Gasteiger partial charge in [-0.05, 0) is 11.1 Å². The summed E-state index contributed by atoms with van der Waals surface area (Å²) in [5.74, 6) is 0. The van der Waals surface area contributed by atoms with Crippen LogP contribution in [0.25, 0.3) is 0 Å². The molecule has 0 bridgehead atoms. The Morgan fingerprint density at radius 1 is 0.778 bits per heavy atom. The number of hydrogen-bond donors (Lipinski definition) is 0. The monoisotopic (exact) mass is 240 g/mol. The molecule has 0 aliphatic rings. The third-order valence-corrected chi connectivity index (χ3v) is 2.73. The quantitative estimate of drug-likeness (QED) is 0.681. The topological polar surface area (TPSA) is 61.4 Å². The minimum atomic E-state index is 0.713. The SMILES string of the molecule is c1ccc(Cn2ccnn2)c(Cn2ccnn2)c1. The third-order valence-electron chi connectivity index (χ3n) is 2.73. The maximum absolute atomic E-state index is 3.98. The zero-order valence-corrected chi connectivity index (χ0v) is 9.72. The predicted molar refractivity (Wildman–Crippen MR) is 64.7 cm³/mol. The Hall–Kier alpha value is -2.50. The van der Waals surface area contributed by atoms with Crippen molar-refractivity contribution in [1.29, 1.82) is 0 Å². The van der Waals surface area contributed by atoms with Crippen molar-refractivity contribution < 1.29 is 0 Å². The van der Waals surface area contributed by atoms with Crippen LogP contribution in [0.2, 0.25) is 0 Å². The van der Waals surface area contributed by atoms with Crippen LogP contribution in [0.3, 0.4) is 0 Å². The van der Waals surface area contributed by atoms with Crippen LogP contribution in [0.15, 0.2) is 49.1 Å². The van der Waals surface area contributed by atoms with Crippen LogP contribution in [-0.4, -0.2) is 30.0 Å². The summed E-state index contributed by atoms with van der Waals surface area (Å²) in [7, 11) is 0. The molecule has 0 atom stereocenters. The first-order chi connectivity index (χ1) is 8.92. The van der Waals surface area contributed by atoms with Crippen molar-refractivity contribution in [2.45, 2.75) is 13.1 Å². The number of nitrogens with zero attached hydrogens (tertiary/aromatic N) is 6. The van der Waals surface area contributed by atoms with E-state index >= 15 is 0 Å². The molecular formula is C12H12N6. The summed E-state index contributed by atoms with van der Waals surface area (Å²) < 4.78 is 3.61. The molecule has 0 N–H and O–H groups in total. The molecule has 0 saturated heterocycles. The highest BCUT2D eigenvalue weighted by Crippen LogP contribution is 2.11. The molecule has 90 valence electrons. The van der Waals surface area contributed by atoms with Crippen molar-refractivity contribution in [2.24, 2.45) is 0 Å². The van der Waals surface area contributed by atoms with Gasteiger partial charge in [-0.25, -0.2) is 9.36 Å². The fourth-order valence-electron chi connectivity index (χ4n) is 1.85. The summed E-state index contributed by atoms with van der Waals surface area (Å²) in [6, 6.07) is 8.23. The maximum atomic E-state index is 3.98. The highest BCUT2D eigenvalue weighted by Gasteiger charge is 2.04. The fraction of sp³-hybridized carbons (Fsp3) is 0.167. The third kappa shape index (κ3) is 2.27. The lowest BCUT2D eigenvalue weighted by Gasteiger charge is -2.08. The molecule has 0 saturated carbocycles. The average Bonchev–Trinajstić information content (AvgIpc) is 3.05. The van der Waals surface area contributed by atoms with Crippen LogP contribution < -0.4 is 0 Å². The Balaban J connectivity index is 1.85. The molecule has 2 heterocycles. The molecule has 6 heteroatoms. The second kappa shape index (κ2) is 4.79. The maximum Gasteiger partial charge on any atom is 0.0693 e. The van der Waals surface area contributed by atoms with Crippen LogP contribution in [0.4, 0.5) is 0 Å². The normalized spacial score (nSPS) is 10.7. The van der Waals surface area contributed by atoms with Crippen molar-refractivity contribution in [1.82, 2.24) is 30.0 Å². The molecule has 6 nitrogen and oxygen atoms in total. The van der Waals surface area contributed by atoms with E-state index in [1.807, 2.05) is 24.5 Å². The van der Waals surface area contributed by atoms with Gasteiger partial charge in [-0.15, -0.1) is 10.2 Å². The van der Waals surface area contributed by atoms with E-state index < -0.39 is 0 Å². The van der Waals surface area contributed by atoms with E-state index in [4.69, 9.17) is 0 Å². The van der Waals surface area contributed by atoms with E-state index in [9.17, 15) is 0 Å². The van der Waals surface area contributed by atoms with Crippen LogP contribution in [0, 0.1) is 0 Å². The van der Waals surface area contributed by atoms with E-state index in [1.54, 1.807) is 21.8 Å². The number of hydrogen-bond acceptors (Lipinski definition) is 4. The molecule has 3 rings (SSSR count). The van der Waals surface area contributed by atoms with Crippen LogP contribution in [-0.2, 0) is 13.1 Å². The van der Waals surface area contributed by atoms with Crippen LogP contribution >= 0.6 is 0 Å². The minimum Gasteiger partial charge on any atom is -0.248 e. The Morgan fingerprint density at radius 2 is 1.28 bits per heavy atom. The van der Waals surface area contributed by atoms with Gasteiger partial charge in [0.1, 0.15) is 0 Å². The molecule has 18 heavy (non-hydrogen) atoms.